The van der Waals surface area contributed by atoms with Gasteiger partial charge in [0.05, 0.1) is 12.8 Å². The Bertz CT molecular complexity index is 992. The first kappa shape index (κ1) is 17.6. The Kier molecular flexibility index (Phi) is 5.39. The quantitative estimate of drug-likeness (QED) is 0.575. The summed E-state index contributed by atoms with van der Waals surface area (Å²) in [6, 6.07) is 16.1. The Balaban J connectivity index is 1.83. The zero-order valence-corrected chi connectivity index (χ0v) is 14.3. The lowest BCUT2D eigenvalue weighted by molar-refractivity contribution is 0.102. The summed E-state index contributed by atoms with van der Waals surface area (Å²) in [4.78, 5) is 12.5. The number of para-hydroxylation sites is 1. The number of aromatic nitrogens is 4. The van der Waals surface area contributed by atoms with Crippen molar-refractivity contribution < 1.29 is 9.53 Å². The minimum absolute atomic E-state index is 0.155. The molecular formula is C18H15N7O2. The van der Waals surface area contributed by atoms with Crippen LogP contribution in [0.4, 0.5) is 11.4 Å². The van der Waals surface area contributed by atoms with E-state index >= 15 is 0 Å². The monoisotopic (exact) mass is 361 g/mol. The molecule has 1 amide bonds. The van der Waals surface area contributed by atoms with Crippen molar-refractivity contribution in [1.29, 1.82) is 5.26 Å². The fraction of sp³-hybridized carbons (Fsp3) is 0.0556. The molecule has 9 heteroatoms. The number of nitrogens with one attached hydrogen (secondary N) is 3. The minimum atomic E-state index is -0.269. The number of hydrogen-bond donors (Lipinski definition) is 3. The van der Waals surface area contributed by atoms with E-state index in [-0.39, 0.29) is 17.3 Å². The maximum Gasteiger partial charge on any atom is 0.255 e. The molecule has 0 atom stereocenters. The first-order chi connectivity index (χ1) is 13.2. The van der Waals surface area contributed by atoms with Crippen molar-refractivity contribution in [2.45, 2.75) is 0 Å². The van der Waals surface area contributed by atoms with Gasteiger partial charge in [-0.2, -0.15) is 10.5 Å². The third kappa shape index (κ3) is 4.26. The first-order valence-electron chi connectivity index (χ1n) is 7.86. The lowest BCUT2D eigenvalue weighted by Crippen LogP contribution is -2.12. The van der Waals surface area contributed by atoms with Gasteiger partial charge in [-0.3, -0.25) is 4.79 Å². The van der Waals surface area contributed by atoms with Crippen molar-refractivity contribution in [2.75, 3.05) is 17.7 Å². The molecule has 1 heterocycles. The third-order valence-corrected chi connectivity index (χ3v) is 3.57. The topological polar surface area (TPSA) is 129 Å². The van der Waals surface area contributed by atoms with Gasteiger partial charge < -0.3 is 15.4 Å². The molecule has 0 radical (unpaired) electrons. The molecule has 0 unspecified atom stereocenters. The van der Waals surface area contributed by atoms with Gasteiger partial charge in [0.2, 0.25) is 5.82 Å². The average Bonchev–Trinajstić information content (AvgIpc) is 3.23. The van der Waals surface area contributed by atoms with Crippen LogP contribution in [0.5, 0.6) is 5.75 Å². The lowest BCUT2D eigenvalue weighted by Gasteiger charge is -2.11. The highest BCUT2D eigenvalue weighted by Crippen LogP contribution is 2.26. The van der Waals surface area contributed by atoms with Crippen LogP contribution in [0.1, 0.15) is 16.2 Å². The standard InChI is InChI=1S/C18H15N7O2/c1-27-16-8-7-12(18(26)21-14-5-3-2-4-6-14)9-15(16)20-11-13(10-19)17-22-24-25-23-17/h2-9,11,20H,1H3,(H,21,26)(H,22,23,24,25). The molecule has 0 spiro atoms. The Morgan fingerprint density at radius 2 is 2.07 bits per heavy atom. The van der Waals surface area contributed by atoms with Crippen molar-refractivity contribution in [3.05, 3.63) is 66.1 Å². The lowest BCUT2D eigenvalue weighted by atomic mass is 10.1. The summed E-state index contributed by atoms with van der Waals surface area (Å²) in [5.74, 6) is 0.393. The van der Waals surface area contributed by atoms with Crippen LogP contribution in [0.3, 0.4) is 0 Å². The van der Waals surface area contributed by atoms with Gasteiger partial charge in [0.25, 0.3) is 5.91 Å². The summed E-state index contributed by atoms with van der Waals surface area (Å²) in [6.07, 6.45) is 1.42. The molecule has 3 rings (SSSR count). The van der Waals surface area contributed by atoms with Crippen LogP contribution in [-0.2, 0) is 0 Å². The van der Waals surface area contributed by atoms with Gasteiger partial charge in [-0.05, 0) is 35.5 Å². The number of amides is 1. The number of tetrazole rings is 1. The van der Waals surface area contributed by atoms with Crippen LogP contribution < -0.4 is 15.4 Å². The van der Waals surface area contributed by atoms with E-state index in [1.807, 2.05) is 24.3 Å². The number of methoxy groups -OCH3 is 1. The highest BCUT2D eigenvalue weighted by atomic mass is 16.5. The van der Waals surface area contributed by atoms with Crippen LogP contribution in [0.2, 0.25) is 0 Å². The maximum atomic E-state index is 12.5. The number of benzene rings is 2. The molecule has 134 valence electrons. The number of carbonyl (C=O) groups excluding carboxylic acids is 1. The Hall–Kier alpha value is -4.19. The Morgan fingerprint density at radius 3 is 2.74 bits per heavy atom. The highest BCUT2D eigenvalue weighted by molar-refractivity contribution is 6.05. The molecule has 9 nitrogen and oxygen atoms in total. The van der Waals surface area contributed by atoms with Crippen LogP contribution in [-0.4, -0.2) is 33.6 Å². The second kappa shape index (κ2) is 8.26. The van der Waals surface area contributed by atoms with Crippen molar-refractivity contribution in [3.8, 4) is 11.8 Å². The Morgan fingerprint density at radius 1 is 1.26 bits per heavy atom. The van der Waals surface area contributed by atoms with Crippen LogP contribution in [0.15, 0.2) is 54.7 Å². The summed E-state index contributed by atoms with van der Waals surface area (Å²) in [5.41, 5.74) is 1.80. The van der Waals surface area contributed by atoms with Gasteiger partial charge in [-0.1, -0.05) is 18.2 Å². The molecule has 27 heavy (non-hydrogen) atoms. The van der Waals surface area contributed by atoms with Gasteiger partial charge in [-0.25, -0.2) is 0 Å². The number of carbonyl (C=O) groups is 1. The summed E-state index contributed by atoms with van der Waals surface area (Å²) in [6.45, 7) is 0. The number of allylic oxidation sites excluding steroid dienone is 1. The second-order valence-corrected chi connectivity index (χ2v) is 5.28. The molecule has 0 saturated heterocycles. The molecule has 1 aromatic heterocycles. The summed E-state index contributed by atoms with van der Waals surface area (Å²) < 4.78 is 5.30. The predicted octanol–water partition coefficient (Wildman–Crippen LogP) is 2.44. The molecule has 3 aromatic rings. The number of aromatic amines is 1. The predicted molar refractivity (Wildman–Crippen MR) is 98.8 cm³/mol. The summed E-state index contributed by atoms with van der Waals surface area (Å²) >= 11 is 0. The van der Waals surface area contributed by atoms with E-state index in [1.54, 1.807) is 30.3 Å². The molecule has 0 fully saturated rings. The first-order valence-corrected chi connectivity index (χ1v) is 7.86. The summed E-state index contributed by atoms with van der Waals surface area (Å²) in [5, 5.41) is 28.2. The molecule has 3 N–H and O–H groups in total. The zero-order chi connectivity index (χ0) is 19.1. The van der Waals surface area contributed by atoms with E-state index < -0.39 is 0 Å². The summed E-state index contributed by atoms with van der Waals surface area (Å²) in [7, 11) is 1.51. The number of nitrogens with zero attached hydrogens (tertiary/aromatic N) is 4. The smallest absolute Gasteiger partial charge is 0.255 e. The molecule has 2 aromatic carbocycles. The molecule has 0 bridgehead atoms. The zero-order valence-electron chi connectivity index (χ0n) is 14.3. The van der Waals surface area contributed by atoms with Crippen molar-refractivity contribution in [3.63, 3.8) is 0 Å². The average molecular weight is 361 g/mol. The van der Waals surface area contributed by atoms with Gasteiger partial charge in [0, 0.05) is 17.5 Å². The van der Waals surface area contributed by atoms with Gasteiger partial charge in [-0.15, -0.1) is 10.2 Å². The number of anilines is 2. The fourth-order valence-electron chi connectivity index (χ4n) is 2.26. The number of hydrogen-bond acceptors (Lipinski definition) is 7. The normalized spacial score (nSPS) is 10.7. The van der Waals surface area contributed by atoms with Gasteiger partial charge >= 0.3 is 0 Å². The Labute approximate surface area is 154 Å². The van der Waals surface area contributed by atoms with E-state index in [2.05, 4.69) is 31.3 Å². The van der Waals surface area contributed by atoms with Crippen molar-refractivity contribution in [1.82, 2.24) is 20.6 Å². The number of nitriles is 1. The van der Waals surface area contributed by atoms with E-state index in [1.165, 1.54) is 13.3 Å². The van der Waals surface area contributed by atoms with E-state index in [4.69, 9.17) is 4.74 Å². The maximum absolute atomic E-state index is 12.5. The molecule has 0 saturated carbocycles. The molecule has 0 aliphatic rings. The number of rotatable bonds is 6. The highest BCUT2D eigenvalue weighted by Gasteiger charge is 2.11. The van der Waals surface area contributed by atoms with Crippen LogP contribution >= 0.6 is 0 Å². The number of H-pyrrole nitrogens is 1. The van der Waals surface area contributed by atoms with E-state index in [0.29, 0.717) is 22.7 Å². The van der Waals surface area contributed by atoms with Gasteiger partial charge in [0.15, 0.2) is 0 Å². The number of ether oxygens (including phenoxy) is 1. The van der Waals surface area contributed by atoms with Crippen LogP contribution in [0.25, 0.3) is 5.57 Å². The van der Waals surface area contributed by atoms with E-state index in [0.717, 1.165) is 0 Å². The minimum Gasteiger partial charge on any atom is -0.495 e. The third-order valence-electron chi connectivity index (χ3n) is 3.57. The van der Waals surface area contributed by atoms with Crippen molar-refractivity contribution in [2.24, 2.45) is 0 Å². The van der Waals surface area contributed by atoms with Crippen LogP contribution in [0, 0.1) is 11.3 Å². The molecular weight excluding hydrogens is 346 g/mol. The largest absolute Gasteiger partial charge is 0.495 e. The molecule has 0 aliphatic heterocycles. The van der Waals surface area contributed by atoms with E-state index in [9.17, 15) is 10.1 Å². The second-order valence-electron chi connectivity index (χ2n) is 5.28. The SMILES string of the molecule is COc1ccc(C(=O)Nc2ccccc2)cc1NC=C(C#N)c1nn[nH]n1. The van der Waals surface area contributed by atoms with Crippen molar-refractivity contribution >= 4 is 22.9 Å². The fourth-order valence-corrected chi connectivity index (χ4v) is 2.26. The molecule has 0 aliphatic carbocycles. The van der Waals surface area contributed by atoms with Gasteiger partial charge in [0.1, 0.15) is 17.4 Å².